The monoisotopic (exact) mass is 310 g/mol. The molecule has 0 aliphatic rings. The Morgan fingerprint density at radius 1 is 1.25 bits per heavy atom. The van der Waals surface area contributed by atoms with Gasteiger partial charge >= 0.3 is 10.1 Å². The molecule has 3 nitrogen and oxygen atoms in total. The summed E-state index contributed by atoms with van der Waals surface area (Å²) < 4.78 is 64.2. The van der Waals surface area contributed by atoms with Crippen LogP contribution in [-0.4, -0.2) is 20.3 Å². The fourth-order valence-electron chi connectivity index (χ4n) is 1.48. The van der Waals surface area contributed by atoms with Gasteiger partial charge in [0.25, 0.3) is 11.9 Å². The van der Waals surface area contributed by atoms with Crippen LogP contribution in [0, 0.1) is 0 Å². The van der Waals surface area contributed by atoms with Crippen LogP contribution in [0.15, 0.2) is 24.3 Å². The Hall–Kier alpha value is -1.24. The van der Waals surface area contributed by atoms with Crippen LogP contribution >= 0.6 is 0 Å². The Morgan fingerprint density at radius 2 is 1.85 bits per heavy atom. The van der Waals surface area contributed by atoms with E-state index < -0.39 is 22.0 Å². The number of halogens is 3. The summed E-state index contributed by atoms with van der Waals surface area (Å²) in [6.45, 7) is 5.84. The van der Waals surface area contributed by atoms with E-state index in [4.69, 9.17) is 0 Å². The smallest absolute Gasteiger partial charge is 0.347 e. The number of benzene rings is 1. The molecule has 1 rings (SSSR count). The maximum Gasteiger partial charge on any atom is 0.347 e. The van der Waals surface area contributed by atoms with Crippen LogP contribution in [0.1, 0.15) is 32.8 Å². The van der Waals surface area contributed by atoms with Crippen molar-refractivity contribution in [3.8, 4) is 5.75 Å². The van der Waals surface area contributed by atoms with Gasteiger partial charge in [-0.15, -0.1) is 0 Å². The fraction of sp³-hybridized carbons (Fsp3) is 0.538. The third-order valence-corrected chi connectivity index (χ3v) is 4.37. The standard InChI is InChI=1S/C13H17F3O3S/c1-4-13(2,3)9-6-5-7-10(8-9)19-20(17,18)12(16)11(14)15/h5-8,11-12H,4H2,1-3H3. The average Bonchev–Trinajstić information content (AvgIpc) is 2.37. The van der Waals surface area contributed by atoms with Crippen molar-refractivity contribution in [2.75, 3.05) is 0 Å². The van der Waals surface area contributed by atoms with E-state index in [0.717, 1.165) is 12.0 Å². The molecule has 20 heavy (non-hydrogen) atoms. The zero-order valence-corrected chi connectivity index (χ0v) is 12.3. The van der Waals surface area contributed by atoms with Crippen LogP contribution in [0.4, 0.5) is 13.2 Å². The summed E-state index contributed by atoms with van der Waals surface area (Å²) in [5, 5.41) is 0. The van der Waals surface area contributed by atoms with E-state index in [9.17, 15) is 21.6 Å². The molecule has 114 valence electrons. The maximum absolute atomic E-state index is 12.9. The van der Waals surface area contributed by atoms with Gasteiger partial charge in [-0.2, -0.15) is 8.42 Å². The lowest BCUT2D eigenvalue weighted by Gasteiger charge is -2.23. The number of rotatable bonds is 6. The Morgan fingerprint density at radius 3 is 2.35 bits per heavy atom. The Kier molecular flexibility index (Phi) is 5.07. The topological polar surface area (TPSA) is 43.4 Å². The highest BCUT2D eigenvalue weighted by atomic mass is 32.2. The minimum Gasteiger partial charge on any atom is -0.380 e. The normalized spacial score (nSPS) is 14.3. The zero-order chi connectivity index (χ0) is 15.6. The van der Waals surface area contributed by atoms with Gasteiger partial charge in [-0.1, -0.05) is 32.9 Å². The van der Waals surface area contributed by atoms with Crippen LogP contribution < -0.4 is 4.18 Å². The first-order valence-corrected chi connectivity index (χ1v) is 7.53. The molecule has 1 atom stereocenters. The number of hydrogen-bond acceptors (Lipinski definition) is 3. The Balaban J connectivity index is 3.03. The van der Waals surface area contributed by atoms with Gasteiger partial charge in [0, 0.05) is 0 Å². The van der Waals surface area contributed by atoms with E-state index in [0.29, 0.717) is 0 Å². The van der Waals surface area contributed by atoms with Crippen LogP contribution in [0.25, 0.3) is 0 Å². The molecule has 0 amide bonds. The molecule has 0 saturated carbocycles. The molecular formula is C13H17F3O3S. The molecule has 0 saturated heterocycles. The summed E-state index contributed by atoms with van der Waals surface area (Å²) in [5.41, 5.74) is -2.81. The van der Waals surface area contributed by atoms with Gasteiger partial charge in [-0.25, -0.2) is 13.2 Å². The molecule has 0 aliphatic heterocycles. The third-order valence-electron chi connectivity index (χ3n) is 3.19. The van der Waals surface area contributed by atoms with Crippen LogP contribution in [0.5, 0.6) is 5.75 Å². The van der Waals surface area contributed by atoms with Crippen molar-refractivity contribution in [1.82, 2.24) is 0 Å². The predicted molar refractivity (Wildman–Crippen MR) is 70.2 cm³/mol. The number of alkyl halides is 3. The van der Waals surface area contributed by atoms with Gasteiger partial charge in [0.15, 0.2) is 0 Å². The molecule has 0 aliphatic carbocycles. The highest BCUT2D eigenvalue weighted by molar-refractivity contribution is 7.87. The largest absolute Gasteiger partial charge is 0.380 e. The maximum atomic E-state index is 12.9. The van der Waals surface area contributed by atoms with E-state index in [2.05, 4.69) is 4.18 Å². The molecule has 1 aromatic carbocycles. The predicted octanol–water partition coefficient (Wildman–Crippen LogP) is 3.64. The Bertz CT molecular complexity index is 556. The molecule has 1 unspecified atom stereocenters. The highest BCUT2D eigenvalue weighted by Crippen LogP contribution is 2.30. The summed E-state index contributed by atoms with van der Waals surface area (Å²) in [5.74, 6) is -0.174. The minimum absolute atomic E-state index is 0.174. The third kappa shape index (κ3) is 3.88. The lowest BCUT2D eigenvalue weighted by Crippen LogP contribution is -2.28. The molecule has 0 bridgehead atoms. The van der Waals surface area contributed by atoms with Crippen LogP contribution in [0.2, 0.25) is 0 Å². The molecule has 0 heterocycles. The summed E-state index contributed by atoms with van der Waals surface area (Å²) in [6.07, 6.45) is -2.86. The second kappa shape index (κ2) is 6.03. The van der Waals surface area contributed by atoms with Gasteiger partial charge in [-0.05, 0) is 29.5 Å². The molecule has 0 spiro atoms. The first-order chi connectivity index (χ1) is 9.10. The van der Waals surface area contributed by atoms with Crippen molar-refractivity contribution in [2.45, 2.75) is 44.5 Å². The van der Waals surface area contributed by atoms with Gasteiger partial charge in [0.05, 0.1) is 0 Å². The zero-order valence-electron chi connectivity index (χ0n) is 11.4. The lowest BCUT2D eigenvalue weighted by molar-refractivity contribution is 0.0864. The van der Waals surface area contributed by atoms with Gasteiger partial charge < -0.3 is 4.18 Å². The minimum atomic E-state index is -5.00. The van der Waals surface area contributed by atoms with E-state index in [1.54, 1.807) is 6.07 Å². The molecule has 0 N–H and O–H groups in total. The second-order valence-electron chi connectivity index (χ2n) is 5.03. The van der Waals surface area contributed by atoms with Crippen molar-refractivity contribution < 1.29 is 25.8 Å². The van der Waals surface area contributed by atoms with Crippen molar-refractivity contribution in [3.05, 3.63) is 29.8 Å². The van der Waals surface area contributed by atoms with Crippen molar-refractivity contribution >= 4 is 10.1 Å². The van der Waals surface area contributed by atoms with Crippen molar-refractivity contribution in [1.29, 1.82) is 0 Å². The molecule has 0 aromatic heterocycles. The quantitative estimate of drug-likeness (QED) is 0.753. The summed E-state index contributed by atoms with van der Waals surface area (Å²) in [4.78, 5) is 0. The molecular weight excluding hydrogens is 293 g/mol. The van der Waals surface area contributed by atoms with Gasteiger partial charge in [0.2, 0.25) is 0 Å². The van der Waals surface area contributed by atoms with Crippen LogP contribution in [-0.2, 0) is 15.5 Å². The van der Waals surface area contributed by atoms with Crippen molar-refractivity contribution in [2.24, 2.45) is 0 Å². The first-order valence-electron chi connectivity index (χ1n) is 6.06. The van der Waals surface area contributed by atoms with E-state index in [1.165, 1.54) is 18.2 Å². The Labute approximate surface area is 116 Å². The van der Waals surface area contributed by atoms with E-state index >= 15 is 0 Å². The summed E-state index contributed by atoms with van der Waals surface area (Å²) >= 11 is 0. The fourth-order valence-corrected chi connectivity index (χ4v) is 2.19. The lowest BCUT2D eigenvalue weighted by atomic mass is 9.82. The van der Waals surface area contributed by atoms with Gasteiger partial charge in [-0.3, -0.25) is 0 Å². The second-order valence-corrected chi connectivity index (χ2v) is 6.63. The van der Waals surface area contributed by atoms with Crippen LogP contribution in [0.3, 0.4) is 0 Å². The van der Waals surface area contributed by atoms with Gasteiger partial charge in [0.1, 0.15) is 5.75 Å². The molecule has 0 radical (unpaired) electrons. The summed E-state index contributed by atoms with van der Waals surface area (Å²) in [6, 6.07) is 6.00. The average molecular weight is 310 g/mol. The molecule has 1 aromatic rings. The SMILES string of the molecule is CCC(C)(C)c1cccc(OS(=O)(=O)C(F)C(F)F)c1. The van der Waals surface area contributed by atoms with E-state index in [1.807, 2.05) is 20.8 Å². The van der Waals surface area contributed by atoms with Crippen molar-refractivity contribution in [3.63, 3.8) is 0 Å². The number of hydrogen-bond donors (Lipinski definition) is 0. The van der Waals surface area contributed by atoms with E-state index in [-0.39, 0.29) is 11.2 Å². The molecule has 0 fully saturated rings. The molecule has 7 heteroatoms. The first kappa shape index (κ1) is 16.8. The highest BCUT2D eigenvalue weighted by Gasteiger charge is 2.36. The summed E-state index contributed by atoms with van der Waals surface area (Å²) in [7, 11) is -5.00.